The highest BCUT2D eigenvalue weighted by Gasteiger charge is 2.35. The molecule has 2 aliphatic heterocycles. The highest BCUT2D eigenvalue weighted by molar-refractivity contribution is 7.90. The number of carbonyl (C=O) groups is 1. The molecule has 5 rings (SSSR count). The maximum Gasteiger partial charge on any atom is 0.285 e. The summed E-state index contributed by atoms with van der Waals surface area (Å²) in [5.41, 5.74) is 1.39. The number of carbonyl (C=O) groups excluding carboxylic acids is 1. The Bertz CT molecular complexity index is 1390. The first-order chi connectivity index (χ1) is 15.8. The summed E-state index contributed by atoms with van der Waals surface area (Å²) in [4.78, 5) is 19.2. The molecule has 1 saturated heterocycles. The van der Waals surface area contributed by atoms with Gasteiger partial charge in [0.1, 0.15) is 4.90 Å². The van der Waals surface area contributed by atoms with Crippen LogP contribution in [0.15, 0.2) is 57.1 Å². The van der Waals surface area contributed by atoms with Crippen LogP contribution in [0.3, 0.4) is 0 Å². The maximum atomic E-state index is 13.5. The van der Waals surface area contributed by atoms with E-state index < -0.39 is 21.7 Å². The van der Waals surface area contributed by atoms with Crippen molar-refractivity contribution < 1.29 is 22.0 Å². The second-order valence-corrected chi connectivity index (χ2v) is 10.3. The van der Waals surface area contributed by atoms with Gasteiger partial charge in [-0.15, -0.1) is 15.7 Å². The van der Waals surface area contributed by atoms with Crippen LogP contribution in [0.4, 0.5) is 13.9 Å². The van der Waals surface area contributed by atoms with Crippen LogP contribution in [0, 0.1) is 17.6 Å². The molecule has 1 aromatic heterocycles. The van der Waals surface area contributed by atoms with E-state index in [0.29, 0.717) is 53.7 Å². The summed E-state index contributed by atoms with van der Waals surface area (Å²) in [7, 11) is -3.73. The molecule has 2 aromatic carbocycles. The quantitative estimate of drug-likeness (QED) is 0.604. The molecule has 0 bridgehead atoms. The first-order valence-electron chi connectivity index (χ1n) is 10.2. The van der Waals surface area contributed by atoms with Gasteiger partial charge < -0.3 is 10.2 Å². The third kappa shape index (κ3) is 4.13. The Kier molecular flexibility index (Phi) is 5.45. The van der Waals surface area contributed by atoms with Gasteiger partial charge in [0.2, 0.25) is 5.91 Å². The van der Waals surface area contributed by atoms with Crippen molar-refractivity contribution in [1.82, 2.24) is 9.88 Å². The van der Waals surface area contributed by atoms with Crippen molar-refractivity contribution in [1.29, 1.82) is 0 Å². The Balaban J connectivity index is 1.30. The number of nitrogens with zero attached hydrogens (tertiary/aromatic N) is 3. The van der Waals surface area contributed by atoms with Crippen molar-refractivity contribution in [2.45, 2.75) is 17.7 Å². The summed E-state index contributed by atoms with van der Waals surface area (Å²) in [6, 6.07) is 10.2. The highest BCUT2D eigenvalue weighted by Crippen LogP contribution is 2.31. The zero-order valence-corrected chi connectivity index (χ0v) is 18.8. The van der Waals surface area contributed by atoms with Gasteiger partial charge in [0.15, 0.2) is 22.6 Å². The van der Waals surface area contributed by atoms with E-state index in [2.05, 4.69) is 14.7 Å². The van der Waals surface area contributed by atoms with E-state index in [1.54, 1.807) is 23.6 Å². The molecule has 7 nitrogen and oxygen atoms in total. The number of amidine groups is 1. The SMILES string of the molecule is O=C(Nc1nc(-c2ccc(F)c(F)c2)cs1)C1CCCN(C2=NS(=O)(=O)c3ccccc32)C1. The van der Waals surface area contributed by atoms with E-state index in [9.17, 15) is 22.0 Å². The molecule has 170 valence electrons. The van der Waals surface area contributed by atoms with E-state index in [4.69, 9.17) is 0 Å². The Labute approximate surface area is 192 Å². The fourth-order valence-corrected chi connectivity index (χ4v) is 5.98. The van der Waals surface area contributed by atoms with Gasteiger partial charge in [-0.3, -0.25) is 4.79 Å². The van der Waals surface area contributed by atoms with E-state index in [0.717, 1.165) is 12.1 Å². The van der Waals surface area contributed by atoms with Gasteiger partial charge in [-0.25, -0.2) is 13.8 Å². The van der Waals surface area contributed by atoms with Crippen LogP contribution in [-0.4, -0.2) is 43.1 Å². The number of hydrogen-bond acceptors (Lipinski definition) is 6. The lowest BCUT2D eigenvalue weighted by Crippen LogP contribution is -2.43. The monoisotopic (exact) mass is 488 g/mol. The van der Waals surface area contributed by atoms with Crippen LogP contribution >= 0.6 is 11.3 Å². The molecule has 0 radical (unpaired) electrons. The average molecular weight is 489 g/mol. The maximum absolute atomic E-state index is 13.5. The van der Waals surface area contributed by atoms with Gasteiger partial charge in [0.25, 0.3) is 10.0 Å². The zero-order valence-electron chi connectivity index (χ0n) is 17.2. The molecule has 1 N–H and O–H groups in total. The number of piperidine rings is 1. The first kappa shape index (κ1) is 21.7. The van der Waals surface area contributed by atoms with E-state index >= 15 is 0 Å². The molecule has 3 aromatic rings. The normalized spacial score (nSPS) is 19.2. The second kappa shape index (κ2) is 8.31. The predicted molar refractivity (Wildman–Crippen MR) is 121 cm³/mol. The van der Waals surface area contributed by atoms with Crippen molar-refractivity contribution in [3.8, 4) is 11.3 Å². The number of fused-ring (bicyclic) bond motifs is 1. The number of anilines is 1. The van der Waals surface area contributed by atoms with E-state index in [-0.39, 0.29) is 16.7 Å². The fraction of sp³-hybridized carbons (Fsp3) is 0.227. The third-order valence-electron chi connectivity index (χ3n) is 5.65. The van der Waals surface area contributed by atoms with Crippen LogP contribution in [0.2, 0.25) is 0 Å². The molecule has 2 aliphatic rings. The van der Waals surface area contributed by atoms with Crippen molar-refractivity contribution in [3.63, 3.8) is 0 Å². The van der Waals surface area contributed by atoms with Crippen LogP contribution in [0.25, 0.3) is 11.3 Å². The Morgan fingerprint density at radius 2 is 1.97 bits per heavy atom. The highest BCUT2D eigenvalue weighted by atomic mass is 32.2. The predicted octanol–water partition coefficient (Wildman–Crippen LogP) is 3.89. The van der Waals surface area contributed by atoms with Gasteiger partial charge >= 0.3 is 0 Å². The molecule has 0 aliphatic carbocycles. The standard InChI is InChI=1S/C22H18F2N4O3S2/c23-16-8-7-13(10-17(16)24)18-12-32-22(25-18)26-21(29)14-4-3-9-28(11-14)20-15-5-1-2-6-19(15)33(30,31)27-20/h1-2,5-8,10,12,14H,3-4,9,11H2,(H,25,26,29). The van der Waals surface area contributed by atoms with Crippen LogP contribution in [0.1, 0.15) is 18.4 Å². The van der Waals surface area contributed by atoms with Gasteiger partial charge in [-0.1, -0.05) is 12.1 Å². The Hall–Kier alpha value is -3.18. The number of sulfonamides is 1. The number of hydrogen-bond donors (Lipinski definition) is 1. The minimum Gasteiger partial charge on any atom is -0.355 e. The van der Waals surface area contributed by atoms with E-state index in [1.807, 2.05) is 4.90 Å². The number of likely N-dealkylation sites (tertiary alicyclic amines) is 1. The number of thiazole rings is 1. The summed E-state index contributed by atoms with van der Waals surface area (Å²) in [5, 5.41) is 4.80. The van der Waals surface area contributed by atoms with Crippen LogP contribution in [0.5, 0.6) is 0 Å². The fourth-order valence-electron chi connectivity index (χ4n) is 4.03. The zero-order chi connectivity index (χ0) is 23.2. The van der Waals surface area contributed by atoms with Gasteiger partial charge in [0.05, 0.1) is 11.6 Å². The lowest BCUT2D eigenvalue weighted by molar-refractivity contribution is -0.121. The average Bonchev–Trinajstić information content (AvgIpc) is 3.38. The number of benzene rings is 2. The number of amides is 1. The summed E-state index contributed by atoms with van der Waals surface area (Å²) in [6.07, 6.45) is 1.35. The number of aromatic nitrogens is 1. The van der Waals surface area contributed by atoms with Crippen molar-refractivity contribution >= 4 is 38.2 Å². The minimum absolute atomic E-state index is 0.180. The summed E-state index contributed by atoms with van der Waals surface area (Å²) in [6.45, 7) is 0.930. The molecular formula is C22H18F2N4O3S2. The van der Waals surface area contributed by atoms with Gasteiger partial charge in [-0.2, -0.15) is 8.42 Å². The molecular weight excluding hydrogens is 470 g/mol. The smallest absolute Gasteiger partial charge is 0.285 e. The molecule has 0 saturated carbocycles. The number of nitrogens with one attached hydrogen (secondary N) is 1. The summed E-state index contributed by atoms with van der Waals surface area (Å²) in [5.74, 6) is -2.15. The van der Waals surface area contributed by atoms with E-state index in [1.165, 1.54) is 23.5 Å². The molecule has 1 unspecified atom stereocenters. The Morgan fingerprint density at radius 3 is 2.79 bits per heavy atom. The van der Waals surface area contributed by atoms with Gasteiger partial charge in [-0.05, 0) is 43.2 Å². The van der Waals surface area contributed by atoms with Gasteiger partial charge in [0, 0.05) is 29.6 Å². The number of rotatable bonds is 3. The van der Waals surface area contributed by atoms with Crippen molar-refractivity contribution in [3.05, 3.63) is 65.0 Å². The lowest BCUT2D eigenvalue weighted by Gasteiger charge is -2.33. The molecule has 0 spiro atoms. The molecule has 1 amide bonds. The molecule has 1 fully saturated rings. The van der Waals surface area contributed by atoms with Crippen LogP contribution < -0.4 is 5.32 Å². The molecule has 33 heavy (non-hydrogen) atoms. The molecule has 3 heterocycles. The second-order valence-electron chi connectivity index (χ2n) is 7.83. The lowest BCUT2D eigenvalue weighted by atomic mass is 9.96. The third-order valence-corrected chi connectivity index (χ3v) is 7.74. The van der Waals surface area contributed by atoms with Crippen LogP contribution in [-0.2, 0) is 14.8 Å². The largest absolute Gasteiger partial charge is 0.355 e. The first-order valence-corrected chi connectivity index (χ1v) is 12.5. The van der Waals surface area contributed by atoms with Crippen molar-refractivity contribution in [2.24, 2.45) is 10.3 Å². The summed E-state index contributed by atoms with van der Waals surface area (Å²) < 4.78 is 55.4. The molecule has 11 heteroatoms. The minimum atomic E-state index is -3.73. The topological polar surface area (TPSA) is 91.7 Å². The summed E-state index contributed by atoms with van der Waals surface area (Å²) >= 11 is 1.19. The number of halogens is 2. The molecule has 1 atom stereocenters. The Morgan fingerprint density at radius 1 is 1.15 bits per heavy atom. The van der Waals surface area contributed by atoms with Crippen molar-refractivity contribution in [2.75, 3.05) is 18.4 Å².